The highest BCUT2D eigenvalue weighted by Crippen LogP contribution is 2.29. The van der Waals surface area contributed by atoms with E-state index in [9.17, 15) is 18.0 Å². The van der Waals surface area contributed by atoms with Gasteiger partial charge < -0.3 is 25.8 Å². The summed E-state index contributed by atoms with van der Waals surface area (Å²) in [5.74, 6) is -4.33. The van der Waals surface area contributed by atoms with Gasteiger partial charge in [0.2, 0.25) is 5.91 Å². The quantitative estimate of drug-likeness (QED) is 0.353. The SMILES string of the molecule is CCOc1ccc(OCC)c(NC(N)=NCC(=O)Nc2ccc(F)c(F)c2F)c1. The minimum atomic E-state index is -1.68. The van der Waals surface area contributed by atoms with E-state index in [-0.39, 0.29) is 5.96 Å². The summed E-state index contributed by atoms with van der Waals surface area (Å²) in [6.45, 7) is 4.07. The number of nitrogens with zero attached hydrogens (tertiary/aromatic N) is 1. The Bertz CT molecular complexity index is 907. The number of nitrogens with two attached hydrogens (primary N) is 1. The fourth-order valence-corrected chi connectivity index (χ4v) is 2.29. The normalized spacial score (nSPS) is 11.1. The summed E-state index contributed by atoms with van der Waals surface area (Å²) in [6.07, 6.45) is 0. The van der Waals surface area contributed by atoms with Gasteiger partial charge in [-0.25, -0.2) is 18.2 Å². The van der Waals surface area contributed by atoms with E-state index < -0.39 is 35.6 Å². The van der Waals surface area contributed by atoms with E-state index in [1.807, 2.05) is 13.8 Å². The lowest BCUT2D eigenvalue weighted by atomic mass is 10.2. The maximum absolute atomic E-state index is 13.6. The van der Waals surface area contributed by atoms with E-state index >= 15 is 0 Å². The van der Waals surface area contributed by atoms with Crippen LogP contribution in [-0.4, -0.2) is 31.6 Å². The number of benzene rings is 2. The van der Waals surface area contributed by atoms with Gasteiger partial charge in [-0.1, -0.05) is 0 Å². The largest absolute Gasteiger partial charge is 0.494 e. The van der Waals surface area contributed by atoms with Crippen molar-refractivity contribution in [2.75, 3.05) is 30.4 Å². The number of nitrogens with one attached hydrogen (secondary N) is 2. The molecule has 0 heterocycles. The van der Waals surface area contributed by atoms with Crippen molar-refractivity contribution in [1.82, 2.24) is 0 Å². The van der Waals surface area contributed by atoms with Crippen LogP contribution in [0.25, 0.3) is 0 Å². The summed E-state index contributed by atoms with van der Waals surface area (Å²) in [5, 5.41) is 4.90. The molecule has 0 bridgehead atoms. The van der Waals surface area contributed by atoms with Crippen molar-refractivity contribution in [3.05, 3.63) is 47.8 Å². The maximum atomic E-state index is 13.6. The molecular weight excluding hydrogens is 389 g/mol. The Morgan fingerprint density at radius 2 is 1.72 bits per heavy atom. The molecule has 2 aromatic rings. The average Bonchev–Trinajstić information content (AvgIpc) is 2.69. The maximum Gasteiger partial charge on any atom is 0.246 e. The van der Waals surface area contributed by atoms with E-state index in [1.165, 1.54) is 0 Å². The van der Waals surface area contributed by atoms with Gasteiger partial charge in [0.1, 0.15) is 18.0 Å². The number of anilines is 2. The summed E-state index contributed by atoms with van der Waals surface area (Å²) >= 11 is 0. The molecule has 29 heavy (non-hydrogen) atoms. The molecule has 1 amide bonds. The summed E-state index contributed by atoms with van der Waals surface area (Å²) in [5.41, 5.74) is 5.77. The first kappa shape index (κ1) is 21.9. The first-order valence-electron chi connectivity index (χ1n) is 8.75. The molecule has 0 fully saturated rings. The zero-order chi connectivity index (χ0) is 21.4. The number of guanidine groups is 1. The van der Waals surface area contributed by atoms with Crippen LogP contribution in [0.15, 0.2) is 35.3 Å². The smallest absolute Gasteiger partial charge is 0.246 e. The van der Waals surface area contributed by atoms with Crippen molar-refractivity contribution >= 4 is 23.2 Å². The number of carbonyl (C=O) groups excluding carboxylic acids is 1. The van der Waals surface area contributed by atoms with Crippen LogP contribution in [0.1, 0.15) is 13.8 Å². The zero-order valence-electron chi connectivity index (χ0n) is 15.9. The lowest BCUT2D eigenvalue weighted by Crippen LogP contribution is -2.26. The van der Waals surface area contributed by atoms with Crippen LogP contribution in [0, 0.1) is 17.5 Å². The molecule has 2 aromatic carbocycles. The summed E-state index contributed by atoms with van der Waals surface area (Å²) in [4.78, 5) is 15.7. The van der Waals surface area contributed by atoms with E-state index in [4.69, 9.17) is 15.2 Å². The molecule has 0 radical (unpaired) electrons. The van der Waals surface area contributed by atoms with Crippen molar-refractivity contribution in [3.63, 3.8) is 0 Å². The molecule has 0 spiro atoms. The van der Waals surface area contributed by atoms with Gasteiger partial charge in [-0.15, -0.1) is 0 Å². The molecule has 156 valence electrons. The highest BCUT2D eigenvalue weighted by atomic mass is 19.2. The molecule has 0 aliphatic rings. The highest BCUT2D eigenvalue weighted by molar-refractivity contribution is 5.97. The van der Waals surface area contributed by atoms with Crippen molar-refractivity contribution in [3.8, 4) is 11.5 Å². The Balaban J connectivity index is 2.05. The second-order valence-corrected chi connectivity index (χ2v) is 5.62. The first-order valence-corrected chi connectivity index (χ1v) is 8.75. The number of aliphatic imine (C=N–C) groups is 1. The van der Waals surface area contributed by atoms with Gasteiger partial charge in [0.25, 0.3) is 0 Å². The molecule has 7 nitrogen and oxygen atoms in total. The Labute approximate surface area is 165 Å². The molecule has 4 N–H and O–H groups in total. The van der Waals surface area contributed by atoms with Crippen molar-refractivity contribution < 1.29 is 27.4 Å². The number of amides is 1. The van der Waals surface area contributed by atoms with Gasteiger partial charge in [-0.05, 0) is 38.1 Å². The Morgan fingerprint density at radius 1 is 1.00 bits per heavy atom. The molecule has 0 aromatic heterocycles. The van der Waals surface area contributed by atoms with Gasteiger partial charge in [0, 0.05) is 6.07 Å². The molecule has 2 rings (SSSR count). The molecule has 0 atom stereocenters. The van der Waals surface area contributed by atoms with Gasteiger partial charge >= 0.3 is 0 Å². The third-order valence-electron chi connectivity index (χ3n) is 3.53. The van der Waals surface area contributed by atoms with Crippen LogP contribution in [0.3, 0.4) is 0 Å². The Morgan fingerprint density at radius 3 is 2.41 bits per heavy atom. The monoisotopic (exact) mass is 410 g/mol. The number of halogens is 3. The molecule has 0 aliphatic heterocycles. The van der Waals surface area contributed by atoms with Crippen molar-refractivity contribution in [1.29, 1.82) is 0 Å². The van der Waals surface area contributed by atoms with Crippen LogP contribution in [-0.2, 0) is 4.79 Å². The van der Waals surface area contributed by atoms with Crippen LogP contribution < -0.4 is 25.8 Å². The Kier molecular flexibility index (Phi) is 7.70. The summed E-state index contributed by atoms with van der Waals surface area (Å²) < 4.78 is 50.6. The third kappa shape index (κ3) is 6.03. The van der Waals surface area contributed by atoms with Gasteiger partial charge in [0.15, 0.2) is 23.4 Å². The van der Waals surface area contributed by atoms with E-state index in [2.05, 4.69) is 15.6 Å². The average molecular weight is 410 g/mol. The van der Waals surface area contributed by atoms with Gasteiger partial charge in [0.05, 0.1) is 24.6 Å². The van der Waals surface area contributed by atoms with Crippen LogP contribution in [0.5, 0.6) is 11.5 Å². The number of ether oxygens (including phenoxy) is 2. The van der Waals surface area contributed by atoms with Crippen molar-refractivity contribution in [2.24, 2.45) is 10.7 Å². The molecular formula is C19H21F3N4O3. The Hall–Kier alpha value is -3.43. The van der Waals surface area contributed by atoms with Gasteiger partial charge in [-0.3, -0.25) is 4.79 Å². The predicted octanol–water partition coefficient (Wildman–Crippen LogP) is 3.27. The first-order chi connectivity index (χ1) is 13.8. The zero-order valence-corrected chi connectivity index (χ0v) is 15.9. The van der Waals surface area contributed by atoms with E-state index in [0.717, 1.165) is 6.07 Å². The topological polar surface area (TPSA) is 98.0 Å². The summed E-state index contributed by atoms with van der Waals surface area (Å²) in [7, 11) is 0. The fraction of sp³-hybridized carbons (Fsp3) is 0.263. The summed E-state index contributed by atoms with van der Waals surface area (Å²) in [6, 6.07) is 6.70. The van der Waals surface area contributed by atoms with Crippen molar-refractivity contribution in [2.45, 2.75) is 13.8 Å². The number of rotatable bonds is 8. The molecule has 0 saturated heterocycles. The second kappa shape index (κ2) is 10.2. The minimum absolute atomic E-state index is 0.111. The van der Waals surface area contributed by atoms with Crippen LogP contribution in [0.2, 0.25) is 0 Å². The second-order valence-electron chi connectivity index (χ2n) is 5.62. The molecule has 0 unspecified atom stereocenters. The number of hydrogen-bond acceptors (Lipinski definition) is 4. The lowest BCUT2D eigenvalue weighted by molar-refractivity contribution is -0.114. The van der Waals surface area contributed by atoms with Crippen LogP contribution >= 0.6 is 0 Å². The molecule has 0 aliphatic carbocycles. The predicted molar refractivity (Wildman–Crippen MR) is 104 cm³/mol. The third-order valence-corrected chi connectivity index (χ3v) is 3.53. The van der Waals surface area contributed by atoms with Gasteiger partial charge in [-0.2, -0.15) is 0 Å². The molecule has 10 heteroatoms. The number of carbonyl (C=O) groups is 1. The fourth-order valence-electron chi connectivity index (χ4n) is 2.29. The van der Waals surface area contributed by atoms with E-state index in [1.54, 1.807) is 18.2 Å². The van der Waals surface area contributed by atoms with E-state index in [0.29, 0.717) is 36.5 Å². The standard InChI is InChI=1S/C19H21F3N4O3/c1-3-28-11-5-8-15(29-4-2)14(9-11)26-19(23)24-10-16(27)25-13-7-6-12(20)17(21)18(13)22/h5-9H,3-4,10H2,1-2H3,(H,25,27)(H3,23,24,26). The molecule has 0 saturated carbocycles. The minimum Gasteiger partial charge on any atom is -0.494 e. The number of hydrogen-bond donors (Lipinski definition) is 3. The van der Waals surface area contributed by atoms with Crippen LogP contribution in [0.4, 0.5) is 24.5 Å². The highest BCUT2D eigenvalue weighted by Gasteiger charge is 2.15. The lowest BCUT2D eigenvalue weighted by Gasteiger charge is -2.14.